The van der Waals surface area contributed by atoms with Gasteiger partial charge in [-0.05, 0) is 53.2 Å². The van der Waals surface area contributed by atoms with E-state index in [1.807, 2.05) is 54.6 Å². The highest BCUT2D eigenvalue weighted by molar-refractivity contribution is 9.10. The summed E-state index contributed by atoms with van der Waals surface area (Å²) in [4.78, 5) is 57.6. The third-order valence-corrected chi connectivity index (χ3v) is 10.5. The first kappa shape index (κ1) is 27.6. The normalized spacial score (nSPS) is 19.3. The second-order valence-electron chi connectivity index (χ2n) is 10.2. The van der Waals surface area contributed by atoms with Crippen molar-refractivity contribution < 1.29 is 19.1 Å². The molecule has 1 aromatic heterocycles. The molecule has 0 bridgehead atoms. The fourth-order valence-electron chi connectivity index (χ4n) is 5.67. The number of hydrogen-bond donors (Lipinski definition) is 2. The molecule has 0 radical (unpaired) electrons. The molecule has 0 aliphatic carbocycles. The van der Waals surface area contributed by atoms with Crippen LogP contribution in [-0.4, -0.2) is 34.6 Å². The summed E-state index contributed by atoms with van der Waals surface area (Å²) in [6, 6.07) is 27.7. The van der Waals surface area contributed by atoms with Crippen molar-refractivity contribution in [3.63, 3.8) is 0 Å². The summed E-state index contributed by atoms with van der Waals surface area (Å²) < 4.78 is 6.88. The van der Waals surface area contributed by atoms with E-state index >= 15 is 0 Å². The number of amides is 3. The number of rotatable bonds is 6. The summed E-state index contributed by atoms with van der Waals surface area (Å²) in [5.41, 5.74) is 1.77. The summed E-state index contributed by atoms with van der Waals surface area (Å²) in [6.07, 6.45) is 0. The Morgan fingerprint density at radius 3 is 2.47 bits per heavy atom. The minimum absolute atomic E-state index is 0.264. The van der Waals surface area contributed by atoms with E-state index in [1.165, 1.54) is 16.7 Å². The van der Waals surface area contributed by atoms with E-state index in [0.717, 1.165) is 26.6 Å². The van der Waals surface area contributed by atoms with Gasteiger partial charge in [-0.3, -0.25) is 19.2 Å². The number of H-pyrrole nitrogens is 1. The van der Waals surface area contributed by atoms with Crippen LogP contribution in [0.25, 0.3) is 10.8 Å². The Morgan fingerprint density at radius 2 is 1.65 bits per heavy atom. The van der Waals surface area contributed by atoms with E-state index in [1.54, 1.807) is 36.4 Å². The van der Waals surface area contributed by atoms with Gasteiger partial charge in [-0.15, -0.1) is 0 Å². The standard InChI is InChI=1S/C32H22BrN3O5S2/c33-19-10-13-21(14-11-19)36-30(38)26-25(27-29(35-32(40)43-27)42-28(26)31(36)39)22-7-3-4-8-23(22)41-16-24(37)34-20-12-9-17-5-1-2-6-18(17)15-20/h1-15,25-26,28H,16H2,(H,34,37)(H,35,40)/t25-,26?,28?/m1/s1. The molecule has 43 heavy (non-hydrogen) atoms. The molecule has 11 heteroatoms. The lowest BCUT2D eigenvalue weighted by Gasteiger charge is -2.30. The average Bonchev–Trinajstić information content (AvgIpc) is 3.50. The molecule has 2 aliphatic heterocycles. The Kier molecular flexibility index (Phi) is 7.16. The summed E-state index contributed by atoms with van der Waals surface area (Å²) in [7, 11) is 0. The molecule has 3 amide bonds. The maximum absolute atomic E-state index is 14.0. The summed E-state index contributed by atoms with van der Waals surface area (Å²) >= 11 is 5.64. The fourth-order valence-corrected chi connectivity index (χ4v) is 8.44. The number of ether oxygens (including phenoxy) is 1. The number of thiazole rings is 1. The maximum Gasteiger partial charge on any atom is 0.305 e. The van der Waals surface area contributed by atoms with Gasteiger partial charge in [-0.25, -0.2) is 4.90 Å². The number of aromatic amines is 1. The van der Waals surface area contributed by atoms with E-state index in [2.05, 4.69) is 26.2 Å². The zero-order chi connectivity index (χ0) is 29.7. The topological polar surface area (TPSA) is 109 Å². The number of thioether (sulfide) groups is 1. The number of nitrogens with zero attached hydrogens (tertiary/aromatic N) is 1. The number of anilines is 2. The number of halogens is 1. The van der Waals surface area contributed by atoms with E-state index in [0.29, 0.717) is 32.6 Å². The number of fused-ring (bicyclic) bond motifs is 3. The smallest absolute Gasteiger partial charge is 0.305 e. The van der Waals surface area contributed by atoms with Gasteiger partial charge in [-0.1, -0.05) is 87.6 Å². The Morgan fingerprint density at radius 1 is 0.907 bits per heavy atom. The zero-order valence-corrected chi connectivity index (χ0v) is 25.5. The molecule has 5 aromatic rings. The van der Waals surface area contributed by atoms with E-state index in [9.17, 15) is 19.2 Å². The summed E-state index contributed by atoms with van der Waals surface area (Å²) in [6.45, 7) is -0.270. The number of nitrogens with one attached hydrogen (secondary N) is 2. The molecule has 0 spiro atoms. The molecular formula is C32H22BrN3O5S2. The lowest BCUT2D eigenvalue weighted by molar-refractivity contribution is -0.122. The van der Waals surface area contributed by atoms with Crippen LogP contribution < -0.4 is 19.8 Å². The largest absolute Gasteiger partial charge is 0.483 e. The number of aromatic nitrogens is 1. The van der Waals surface area contributed by atoms with Crippen molar-refractivity contribution in [1.29, 1.82) is 0 Å². The predicted molar refractivity (Wildman–Crippen MR) is 171 cm³/mol. The third-order valence-electron chi connectivity index (χ3n) is 7.55. The van der Waals surface area contributed by atoms with Crippen LogP contribution in [0.1, 0.15) is 16.4 Å². The van der Waals surface area contributed by atoms with Crippen LogP contribution in [-0.2, 0) is 14.4 Å². The molecule has 8 nitrogen and oxygen atoms in total. The summed E-state index contributed by atoms with van der Waals surface area (Å²) in [5, 5.41) is 4.79. The Labute approximate surface area is 262 Å². The molecule has 3 atom stereocenters. The van der Waals surface area contributed by atoms with Gasteiger partial charge in [0.15, 0.2) is 6.61 Å². The maximum atomic E-state index is 14.0. The number of hydrogen-bond acceptors (Lipinski definition) is 7. The van der Waals surface area contributed by atoms with Crippen LogP contribution in [0.15, 0.2) is 105 Å². The van der Waals surface area contributed by atoms with Gasteiger partial charge < -0.3 is 15.0 Å². The zero-order valence-electron chi connectivity index (χ0n) is 22.3. The Hall–Kier alpha value is -4.19. The Balaban J connectivity index is 1.19. The van der Waals surface area contributed by atoms with Crippen molar-refractivity contribution in [2.45, 2.75) is 16.2 Å². The van der Waals surface area contributed by atoms with Gasteiger partial charge in [0, 0.05) is 26.5 Å². The lowest BCUT2D eigenvalue weighted by atomic mass is 9.82. The van der Waals surface area contributed by atoms with E-state index in [4.69, 9.17) is 4.74 Å². The average molecular weight is 673 g/mol. The van der Waals surface area contributed by atoms with Gasteiger partial charge in [-0.2, -0.15) is 0 Å². The van der Waals surface area contributed by atoms with Gasteiger partial charge in [0.1, 0.15) is 11.0 Å². The second-order valence-corrected chi connectivity index (χ2v) is 13.3. The minimum Gasteiger partial charge on any atom is -0.483 e. The molecule has 2 aliphatic rings. The second kappa shape index (κ2) is 11.1. The highest BCUT2D eigenvalue weighted by Gasteiger charge is 2.56. The molecular weight excluding hydrogens is 650 g/mol. The van der Waals surface area contributed by atoms with Crippen molar-refractivity contribution in [3.05, 3.63) is 116 Å². The molecule has 1 fully saturated rings. The highest BCUT2D eigenvalue weighted by Crippen LogP contribution is 2.54. The van der Waals surface area contributed by atoms with Crippen molar-refractivity contribution in [2.24, 2.45) is 5.92 Å². The van der Waals surface area contributed by atoms with Crippen LogP contribution in [0.5, 0.6) is 5.75 Å². The van der Waals surface area contributed by atoms with Gasteiger partial charge in [0.2, 0.25) is 11.8 Å². The van der Waals surface area contributed by atoms with Crippen molar-refractivity contribution in [1.82, 2.24) is 4.98 Å². The molecule has 2 unspecified atom stereocenters. The number of imide groups is 1. The molecule has 2 N–H and O–H groups in total. The molecule has 0 saturated carbocycles. The SMILES string of the molecule is O=C(COc1ccccc1[C@H]1c2sc(=O)[nH]c2SC2C(=O)N(c3ccc(Br)cc3)C(=O)C21)Nc1ccc2ccccc2c1. The minimum atomic E-state index is -0.767. The number of benzene rings is 4. The summed E-state index contributed by atoms with van der Waals surface area (Å²) in [5.74, 6) is -2.01. The Bertz CT molecular complexity index is 1970. The predicted octanol–water partition coefficient (Wildman–Crippen LogP) is 6.17. The van der Waals surface area contributed by atoms with Crippen molar-refractivity contribution in [2.75, 3.05) is 16.8 Å². The number of para-hydroxylation sites is 1. The molecule has 214 valence electrons. The number of carbonyl (C=O) groups excluding carboxylic acids is 3. The molecule has 7 rings (SSSR count). The van der Waals surface area contributed by atoms with Gasteiger partial charge >= 0.3 is 4.87 Å². The number of carbonyl (C=O) groups is 3. The van der Waals surface area contributed by atoms with Crippen LogP contribution in [0.4, 0.5) is 11.4 Å². The van der Waals surface area contributed by atoms with Crippen LogP contribution in [0, 0.1) is 5.92 Å². The molecule has 1 saturated heterocycles. The molecule has 4 aromatic carbocycles. The van der Waals surface area contributed by atoms with E-state index in [-0.39, 0.29) is 29.2 Å². The van der Waals surface area contributed by atoms with E-state index < -0.39 is 17.1 Å². The van der Waals surface area contributed by atoms with Crippen LogP contribution in [0.2, 0.25) is 0 Å². The monoisotopic (exact) mass is 671 g/mol. The third kappa shape index (κ3) is 5.07. The van der Waals surface area contributed by atoms with Crippen molar-refractivity contribution >= 4 is 78.9 Å². The van der Waals surface area contributed by atoms with Gasteiger partial charge in [0.05, 0.1) is 16.6 Å². The van der Waals surface area contributed by atoms with Crippen LogP contribution >= 0.6 is 39.0 Å². The molecule has 3 heterocycles. The van der Waals surface area contributed by atoms with Crippen molar-refractivity contribution in [3.8, 4) is 5.75 Å². The highest BCUT2D eigenvalue weighted by atomic mass is 79.9. The first-order chi connectivity index (χ1) is 20.9. The fraction of sp³-hybridized carbons (Fsp3) is 0.125. The first-order valence-electron chi connectivity index (χ1n) is 13.4. The quantitative estimate of drug-likeness (QED) is 0.209. The first-order valence-corrected chi connectivity index (χ1v) is 15.9. The van der Waals surface area contributed by atoms with Crippen LogP contribution in [0.3, 0.4) is 0 Å². The lowest BCUT2D eigenvalue weighted by Crippen LogP contribution is -2.32. The van der Waals surface area contributed by atoms with Gasteiger partial charge in [0.25, 0.3) is 5.91 Å².